The Morgan fingerprint density at radius 1 is 0.761 bits per heavy atom. The lowest BCUT2D eigenvalue weighted by molar-refractivity contribution is -0.144. The predicted molar refractivity (Wildman–Crippen MR) is 269 cm³/mol. The minimum Gasteiger partial charge on any atom is -0.366 e. The van der Waals surface area contributed by atoms with Crippen molar-refractivity contribution in [2.75, 3.05) is 67.5 Å². The van der Waals surface area contributed by atoms with E-state index in [9.17, 15) is 19.2 Å². The van der Waals surface area contributed by atoms with Crippen LogP contribution in [0.1, 0.15) is 133 Å². The number of rotatable bonds is 10. The zero-order chi connectivity index (χ0) is 48.5. The molecule has 9 heterocycles. The molecule has 5 amide bonds. The summed E-state index contributed by atoms with van der Waals surface area (Å²) in [7, 11) is 0. The number of benzene rings is 1. The number of nitrogens with one attached hydrogen (secondary N) is 2. The van der Waals surface area contributed by atoms with E-state index in [0.717, 1.165) is 84.0 Å². The standard InChI is InChI=1S/C54H68N12O5/c1-33(2)65-32-55-44-31-43(57-49(48(44)65)56-37-7-8-37)36-6-10-41-45(28-36)66(39-29-38(30-39)61-20-4-3-5-21-61)53(71)54(41)18-26-64(27-19-54)52(70)35-16-24-63(25-17-35)51(69)34-14-22-62(23-15-34)46-12-11-42(59-60-46)40-9-13-47(67)58-50(40)68/h6,10-12,28,31-35,37-40H,3-5,7-9,13-27,29-30H2,1-2H3,(H,56,57)(H,58,67,68)/t38?,39?,40-/m1/s1. The maximum atomic E-state index is 15.2. The summed E-state index contributed by atoms with van der Waals surface area (Å²) in [5, 5.41) is 14.8. The largest absolute Gasteiger partial charge is 0.366 e. The zero-order valence-corrected chi connectivity index (χ0v) is 41.4. The third-order valence-electron chi connectivity index (χ3n) is 17.6. The maximum Gasteiger partial charge on any atom is 0.238 e. The molecule has 1 aromatic carbocycles. The highest BCUT2D eigenvalue weighted by molar-refractivity contribution is 6.09. The van der Waals surface area contributed by atoms with Gasteiger partial charge in [-0.3, -0.25) is 29.3 Å². The summed E-state index contributed by atoms with van der Waals surface area (Å²) < 4.78 is 2.20. The molecule has 8 aliphatic rings. The molecule has 2 N–H and O–H groups in total. The molecule has 12 rings (SSSR count). The van der Waals surface area contributed by atoms with Crippen LogP contribution in [0.3, 0.4) is 0 Å². The summed E-state index contributed by atoms with van der Waals surface area (Å²) in [5.41, 5.74) is 5.77. The van der Waals surface area contributed by atoms with Gasteiger partial charge in [-0.15, -0.1) is 5.10 Å². The Hall–Kier alpha value is -5.97. The molecule has 0 unspecified atom stereocenters. The molecule has 1 atom stereocenters. The van der Waals surface area contributed by atoms with E-state index in [1.54, 1.807) is 0 Å². The Labute approximate surface area is 415 Å². The van der Waals surface area contributed by atoms with Gasteiger partial charge in [-0.1, -0.05) is 18.6 Å². The van der Waals surface area contributed by atoms with E-state index in [0.29, 0.717) is 108 Å². The number of amides is 5. The van der Waals surface area contributed by atoms with Crippen molar-refractivity contribution in [1.82, 2.24) is 44.7 Å². The number of pyridine rings is 1. The maximum absolute atomic E-state index is 15.2. The van der Waals surface area contributed by atoms with E-state index >= 15 is 4.79 Å². The van der Waals surface area contributed by atoms with E-state index in [1.165, 1.54) is 19.3 Å². The van der Waals surface area contributed by atoms with Crippen molar-refractivity contribution in [3.05, 3.63) is 54.0 Å². The summed E-state index contributed by atoms with van der Waals surface area (Å²) >= 11 is 0. The molecule has 17 heteroatoms. The Kier molecular flexibility index (Phi) is 12.1. The number of likely N-dealkylation sites (tertiary alicyclic amines) is 3. The normalized spacial score (nSPS) is 25.5. The van der Waals surface area contributed by atoms with Crippen molar-refractivity contribution in [1.29, 1.82) is 0 Å². The van der Waals surface area contributed by atoms with Gasteiger partial charge in [0.05, 0.1) is 34.6 Å². The molecular formula is C54H68N12O5. The van der Waals surface area contributed by atoms with Gasteiger partial charge >= 0.3 is 0 Å². The first kappa shape index (κ1) is 46.1. The Balaban J connectivity index is 0.695. The lowest BCUT2D eigenvalue weighted by atomic mass is 9.73. The van der Waals surface area contributed by atoms with Gasteiger partial charge in [0.2, 0.25) is 29.5 Å². The van der Waals surface area contributed by atoms with Crippen LogP contribution in [0.15, 0.2) is 42.7 Å². The van der Waals surface area contributed by atoms with Gasteiger partial charge in [0.25, 0.3) is 0 Å². The quantitative estimate of drug-likeness (QED) is 0.179. The fourth-order valence-electron chi connectivity index (χ4n) is 13.1. The van der Waals surface area contributed by atoms with Gasteiger partial charge in [-0.05, 0) is 140 Å². The molecule has 0 radical (unpaired) electrons. The smallest absolute Gasteiger partial charge is 0.238 e. The minimum absolute atomic E-state index is 0.0816. The van der Waals surface area contributed by atoms with Crippen molar-refractivity contribution in [3.63, 3.8) is 0 Å². The fourth-order valence-corrected chi connectivity index (χ4v) is 13.1. The highest BCUT2D eigenvalue weighted by Crippen LogP contribution is 2.52. The number of imide groups is 1. The zero-order valence-electron chi connectivity index (χ0n) is 41.4. The fraction of sp³-hybridized carbons (Fsp3) is 0.611. The Morgan fingerprint density at radius 3 is 2.13 bits per heavy atom. The molecule has 2 saturated carbocycles. The molecule has 1 spiro atoms. The molecule has 3 aromatic heterocycles. The number of piperidine rings is 5. The molecule has 71 heavy (non-hydrogen) atoms. The number of hydrogen-bond donors (Lipinski definition) is 2. The van der Waals surface area contributed by atoms with Gasteiger partial charge in [-0.25, -0.2) is 9.97 Å². The van der Waals surface area contributed by atoms with Gasteiger partial charge in [-0.2, -0.15) is 5.10 Å². The second kappa shape index (κ2) is 18.6. The average Bonchev–Trinajstić information content (AvgIpc) is 4.05. The summed E-state index contributed by atoms with van der Waals surface area (Å²) in [6, 6.07) is 13.7. The van der Waals surface area contributed by atoms with E-state index in [-0.39, 0.29) is 53.5 Å². The molecule has 5 saturated heterocycles. The molecule has 7 fully saturated rings. The topological polar surface area (TPSA) is 182 Å². The molecular weight excluding hydrogens is 897 g/mol. The van der Waals surface area contributed by atoms with E-state index in [1.807, 2.05) is 28.3 Å². The molecule has 0 bridgehead atoms. The monoisotopic (exact) mass is 965 g/mol. The summed E-state index contributed by atoms with van der Waals surface area (Å²) in [5.74, 6) is 0.831. The number of hydrogen-bond acceptors (Lipinski definition) is 12. The molecule has 2 aliphatic carbocycles. The number of carbonyl (C=O) groups is 5. The number of carbonyl (C=O) groups excluding carboxylic acids is 5. The third-order valence-corrected chi connectivity index (χ3v) is 17.6. The second-order valence-electron chi connectivity index (χ2n) is 22.3. The highest BCUT2D eigenvalue weighted by Gasteiger charge is 2.56. The molecule has 4 aromatic rings. The summed E-state index contributed by atoms with van der Waals surface area (Å²) in [6.07, 6.45) is 14.6. The van der Waals surface area contributed by atoms with E-state index < -0.39 is 11.3 Å². The Morgan fingerprint density at radius 2 is 1.46 bits per heavy atom. The van der Waals surface area contributed by atoms with Crippen LogP contribution in [-0.2, 0) is 29.4 Å². The van der Waals surface area contributed by atoms with Crippen molar-refractivity contribution in [2.45, 2.75) is 146 Å². The number of aromatic nitrogens is 5. The average molecular weight is 965 g/mol. The van der Waals surface area contributed by atoms with Gasteiger partial charge in [0.1, 0.15) is 5.52 Å². The van der Waals surface area contributed by atoms with Crippen LogP contribution >= 0.6 is 0 Å². The van der Waals surface area contributed by atoms with Crippen molar-refractivity contribution in [2.24, 2.45) is 11.8 Å². The summed E-state index contributed by atoms with van der Waals surface area (Å²) in [4.78, 5) is 88.3. The molecule has 374 valence electrons. The van der Waals surface area contributed by atoms with E-state index in [2.05, 4.69) is 78.2 Å². The van der Waals surface area contributed by atoms with E-state index in [4.69, 9.17) is 9.97 Å². The minimum atomic E-state index is -0.676. The van der Waals surface area contributed by atoms with Gasteiger partial charge in [0, 0.05) is 92.9 Å². The van der Waals surface area contributed by atoms with Crippen LogP contribution in [-0.4, -0.2) is 139 Å². The first-order valence-electron chi connectivity index (χ1n) is 26.9. The number of anilines is 3. The number of fused-ring (bicyclic) bond motifs is 3. The first-order valence-corrected chi connectivity index (χ1v) is 26.9. The lowest BCUT2D eigenvalue weighted by Crippen LogP contribution is -2.58. The lowest BCUT2D eigenvalue weighted by Gasteiger charge is -2.48. The van der Waals surface area contributed by atoms with Crippen LogP contribution in [0.5, 0.6) is 0 Å². The van der Waals surface area contributed by atoms with Crippen LogP contribution < -0.4 is 20.4 Å². The predicted octanol–water partition coefficient (Wildman–Crippen LogP) is 5.94. The Bertz CT molecular complexity index is 2720. The number of nitrogens with zero attached hydrogens (tertiary/aromatic N) is 10. The van der Waals surface area contributed by atoms with Crippen molar-refractivity contribution >= 4 is 57.9 Å². The molecule has 6 aliphatic heterocycles. The van der Waals surface area contributed by atoms with Crippen molar-refractivity contribution in [3.8, 4) is 11.3 Å². The van der Waals surface area contributed by atoms with Crippen LogP contribution in [0.2, 0.25) is 0 Å². The second-order valence-corrected chi connectivity index (χ2v) is 22.3. The van der Waals surface area contributed by atoms with Crippen LogP contribution in [0, 0.1) is 11.8 Å². The first-order chi connectivity index (χ1) is 34.5. The number of imidazole rings is 1. The molecule has 17 nitrogen and oxygen atoms in total. The van der Waals surface area contributed by atoms with Gasteiger partial charge in [0.15, 0.2) is 11.6 Å². The van der Waals surface area contributed by atoms with Crippen molar-refractivity contribution < 1.29 is 24.0 Å². The third kappa shape index (κ3) is 8.52. The van der Waals surface area contributed by atoms with Crippen LogP contribution in [0.25, 0.3) is 22.3 Å². The SMILES string of the molecule is CC(C)n1cnc2cc(-c3ccc4c(c3)N(C3CC(N5CCCCC5)C3)C(=O)C43CCN(C(=O)C4CCN(C(=O)C5CCN(c6ccc([C@H]7CCC(=O)NC7=O)nn6)CC5)CC4)CC3)nc(NC3CC3)c21. The van der Waals surface area contributed by atoms with Crippen LogP contribution in [0.4, 0.5) is 17.3 Å². The van der Waals surface area contributed by atoms with Gasteiger partial charge < -0.3 is 34.4 Å². The summed E-state index contributed by atoms with van der Waals surface area (Å²) in [6.45, 7) is 10.2. The highest BCUT2D eigenvalue weighted by atomic mass is 16.2.